The molecule has 2 N–H and O–H groups in total. The van der Waals surface area contributed by atoms with E-state index in [0.717, 1.165) is 24.2 Å². The fraction of sp³-hybridized carbons (Fsp3) is 0.611. The Kier molecular flexibility index (Phi) is 9.07. The number of carbonyl (C=O) groups excluding carboxylic acids is 1. The van der Waals surface area contributed by atoms with Crippen LogP contribution in [0.5, 0.6) is 0 Å². The third kappa shape index (κ3) is 6.35. The number of hydrogen-bond acceptors (Lipinski definition) is 4. The summed E-state index contributed by atoms with van der Waals surface area (Å²) in [6, 6.07) is 0. The molecule has 1 aliphatic rings. The first-order valence-corrected chi connectivity index (χ1v) is 7.78. The van der Waals surface area contributed by atoms with Crippen LogP contribution in [0.3, 0.4) is 0 Å². The van der Waals surface area contributed by atoms with Crippen molar-refractivity contribution >= 4 is 5.78 Å². The number of carbonyl (C=O) groups is 1. The molecule has 0 amide bonds. The number of unbranched alkanes of at least 4 members (excludes halogenated alkanes) is 2. The van der Waals surface area contributed by atoms with Crippen molar-refractivity contribution < 1.29 is 14.3 Å². The minimum absolute atomic E-state index is 0.134. The van der Waals surface area contributed by atoms with Crippen LogP contribution in [0.4, 0.5) is 0 Å². The lowest BCUT2D eigenvalue weighted by Gasteiger charge is -2.28. The fourth-order valence-electron chi connectivity index (χ4n) is 2.40. The van der Waals surface area contributed by atoms with Gasteiger partial charge < -0.3 is 15.2 Å². The quantitative estimate of drug-likeness (QED) is 0.496. The highest BCUT2D eigenvalue weighted by Crippen LogP contribution is 2.28. The zero-order valence-electron chi connectivity index (χ0n) is 13.1. The number of terminal acetylenes is 2. The monoisotopic (exact) mass is 303 g/mol. The van der Waals surface area contributed by atoms with E-state index in [1.165, 1.54) is 0 Å². The molecule has 0 aromatic rings. The number of Topliss-reactive ketones (excluding diaryl/α,β-unsaturated/α-hetero) is 1. The van der Waals surface area contributed by atoms with Crippen LogP contribution < -0.4 is 5.73 Å². The summed E-state index contributed by atoms with van der Waals surface area (Å²) in [6.45, 7) is 1.57. The van der Waals surface area contributed by atoms with Crippen LogP contribution in [0.1, 0.15) is 44.9 Å². The van der Waals surface area contributed by atoms with Crippen molar-refractivity contribution in [2.75, 3.05) is 19.8 Å². The summed E-state index contributed by atoms with van der Waals surface area (Å²) in [6.07, 6.45) is 14.5. The van der Waals surface area contributed by atoms with E-state index < -0.39 is 0 Å². The number of allylic oxidation sites excluding steroid dienone is 1. The van der Waals surface area contributed by atoms with Crippen molar-refractivity contribution in [2.24, 2.45) is 5.73 Å². The number of ketones is 1. The van der Waals surface area contributed by atoms with Crippen LogP contribution in [-0.2, 0) is 14.3 Å². The molecule has 0 aromatic heterocycles. The Bertz CT molecular complexity index is 468. The van der Waals surface area contributed by atoms with Crippen molar-refractivity contribution in [3.8, 4) is 24.7 Å². The fourth-order valence-corrected chi connectivity index (χ4v) is 2.40. The summed E-state index contributed by atoms with van der Waals surface area (Å²) >= 11 is 0. The minimum atomic E-state index is -0.231. The van der Waals surface area contributed by atoms with Gasteiger partial charge in [-0.2, -0.15) is 0 Å². The van der Waals surface area contributed by atoms with E-state index in [-0.39, 0.29) is 11.9 Å². The largest absolute Gasteiger partial charge is 0.497 e. The van der Waals surface area contributed by atoms with Gasteiger partial charge in [-0.05, 0) is 31.4 Å². The standard InChI is InChI=1S/C18H25NO3/c1-3-5-7-11-21-17-13-15(20)14-18(16(17)9-10-19)22-12-8-6-4-2/h1-2,17H,5-14,19H2. The van der Waals surface area contributed by atoms with E-state index in [1.54, 1.807) is 0 Å². The van der Waals surface area contributed by atoms with Crippen molar-refractivity contribution in [3.63, 3.8) is 0 Å². The molecule has 22 heavy (non-hydrogen) atoms. The smallest absolute Gasteiger partial charge is 0.143 e. The first kappa shape index (κ1) is 18.3. The Morgan fingerprint density at radius 3 is 2.50 bits per heavy atom. The van der Waals surface area contributed by atoms with Gasteiger partial charge in [0.15, 0.2) is 0 Å². The number of hydrogen-bond donors (Lipinski definition) is 1. The van der Waals surface area contributed by atoms with Gasteiger partial charge in [-0.3, -0.25) is 4.79 Å². The predicted octanol–water partition coefficient (Wildman–Crippen LogP) is 2.18. The van der Waals surface area contributed by atoms with Gasteiger partial charge in [0.25, 0.3) is 0 Å². The minimum Gasteiger partial charge on any atom is -0.497 e. The van der Waals surface area contributed by atoms with Gasteiger partial charge in [-0.25, -0.2) is 0 Å². The average molecular weight is 303 g/mol. The first-order chi connectivity index (χ1) is 10.7. The molecule has 4 nitrogen and oxygen atoms in total. The van der Waals surface area contributed by atoms with Crippen LogP contribution in [0.25, 0.3) is 0 Å². The lowest BCUT2D eigenvalue weighted by atomic mass is 9.91. The topological polar surface area (TPSA) is 61.6 Å². The third-order valence-corrected chi connectivity index (χ3v) is 3.46. The second-order valence-electron chi connectivity index (χ2n) is 5.23. The SMILES string of the molecule is C#CCCCOC1=C(CCN)C(OCCCC#C)CC(=O)C1. The van der Waals surface area contributed by atoms with Crippen LogP contribution in [0.15, 0.2) is 11.3 Å². The van der Waals surface area contributed by atoms with Gasteiger partial charge in [0.1, 0.15) is 11.5 Å². The predicted molar refractivity (Wildman–Crippen MR) is 86.8 cm³/mol. The second-order valence-corrected chi connectivity index (χ2v) is 5.23. The molecule has 0 bridgehead atoms. The summed E-state index contributed by atoms with van der Waals surface area (Å²) in [5.74, 6) is 6.01. The zero-order chi connectivity index (χ0) is 16.2. The van der Waals surface area contributed by atoms with Crippen molar-refractivity contribution in [1.82, 2.24) is 0 Å². The van der Waals surface area contributed by atoms with E-state index in [2.05, 4.69) is 11.8 Å². The molecular weight excluding hydrogens is 278 g/mol. The molecule has 1 atom stereocenters. The molecule has 0 spiro atoms. The molecule has 1 aliphatic carbocycles. The molecular formula is C18H25NO3. The number of ether oxygens (including phenoxy) is 2. The van der Waals surface area contributed by atoms with E-state index in [0.29, 0.717) is 51.9 Å². The van der Waals surface area contributed by atoms with E-state index >= 15 is 0 Å². The Morgan fingerprint density at radius 1 is 1.18 bits per heavy atom. The van der Waals surface area contributed by atoms with Crippen LogP contribution in [0.2, 0.25) is 0 Å². The van der Waals surface area contributed by atoms with Gasteiger partial charge in [-0.1, -0.05) is 0 Å². The van der Waals surface area contributed by atoms with E-state index in [9.17, 15) is 4.79 Å². The van der Waals surface area contributed by atoms with E-state index in [1.807, 2.05) is 0 Å². The molecule has 120 valence electrons. The summed E-state index contributed by atoms with van der Waals surface area (Å²) in [5, 5.41) is 0. The molecule has 1 rings (SSSR count). The van der Waals surface area contributed by atoms with Gasteiger partial charge in [0, 0.05) is 25.9 Å². The van der Waals surface area contributed by atoms with Crippen LogP contribution in [0, 0.1) is 24.7 Å². The highest BCUT2D eigenvalue weighted by molar-refractivity contribution is 5.83. The Balaban J connectivity index is 2.68. The lowest BCUT2D eigenvalue weighted by molar-refractivity contribution is -0.122. The van der Waals surface area contributed by atoms with Crippen molar-refractivity contribution in [2.45, 2.75) is 51.0 Å². The van der Waals surface area contributed by atoms with Crippen molar-refractivity contribution in [1.29, 1.82) is 0 Å². The summed E-state index contributed by atoms with van der Waals surface area (Å²) in [4.78, 5) is 11.9. The van der Waals surface area contributed by atoms with Crippen molar-refractivity contribution in [3.05, 3.63) is 11.3 Å². The maximum absolute atomic E-state index is 11.9. The summed E-state index contributed by atoms with van der Waals surface area (Å²) in [5.41, 5.74) is 6.71. The highest BCUT2D eigenvalue weighted by atomic mass is 16.5. The van der Waals surface area contributed by atoms with Gasteiger partial charge in [0.05, 0.1) is 19.1 Å². The maximum atomic E-state index is 11.9. The molecule has 0 aromatic carbocycles. The van der Waals surface area contributed by atoms with Crippen LogP contribution in [-0.4, -0.2) is 31.6 Å². The average Bonchev–Trinajstić information content (AvgIpc) is 2.51. The molecule has 0 heterocycles. The number of nitrogens with two attached hydrogens (primary N) is 1. The molecule has 1 unspecified atom stereocenters. The molecule has 4 heteroatoms. The lowest BCUT2D eigenvalue weighted by Crippen LogP contribution is -2.29. The van der Waals surface area contributed by atoms with Gasteiger partial charge >= 0.3 is 0 Å². The molecule has 0 radical (unpaired) electrons. The van der Waals surface area contributed by atoms with Gasteiger partial charge in [0.2, 0.25) is 0 Å². The van der Waals surface area contributed by atoms with E-state index in [4.69, 9.17) is 28.1 Å². The molecule has 0 saturated carbocycles. The van der Waals surface area contributed by atoms with Gasteiger partial charge in [-0.15, -0.1) is 24.7 Å². The Hall–Kier alpha value is -1.75. The Morgan fingerprint density at radius 2 is 1.86 bits per heavy atom. The summed E-state index contributed by atoms with van der Waals surface area (Å²) < 4.78 is 11.6. The maximum Gasteiger partial charge on any atom is 0.143 e. The number of rotatable bonds is 10. The highest BCUT2D eigenvalue weighted by Gasteiger charge is 2.29. The normalized spacial score (nSPS) is 18.0. The molecule has 0 fully saturated rings. The summed E-state index contributed by atoms with van der Waals surface area (Å²) in [7, 11) is 0. The van der Waals surface area contributed by atoms with Crippen LogP contribution >= 0.6 is 0 Å². The first-order valence-electron chi connectivity index (χ1n) is 7.78. The second kappa shape index (κ2) is 10.9. The zero-order valence-corrected chi connectivity index (χ0v) is 13.1. The molecule has 0 saturated heterocycles. The molecule has 0 aliphatic heterocycles. The Labute approximate surface area is 133 Å². The third-order valence-electron chi connectivity index (χ3n) is 3.46.